The van der Waals surface area contributed by atoms with Gasteiger partial charge in [0.15, 0.2) is 0 Å². The number of amides is 3. The van der Waals surface area contributed by atoms with Crippen LogP contribution in [0.15, 0.2) is 36.9 Å². The summed E-state index contributed by atoms with van der Waals surface area (Å²) in [5.41, 5.74) is 0.393. The minimum atomic E-state index is -1.18. The van der Waals surface area contributed by atoms with Gasteiger partial charge in [-0.25, -0.2) is 0 Å². The number of rotatable bonds is 4. The van der Waals surface area contributed by atoms with Gasteiger partial charge >= 0.3 is 0 Å². The molecule has 3 aliphatic heterocycles. The van der Waals surface area contributed by atoms with Gasteiger partial charge in [0, 0.05) is 30.9 Å². The van der Waals surface area contributed by atoms with Crippen molar-refractivity contribution in [3.63, 3.8) is 0 Å². The first-order valence-corrected chi connectivity index (χ1v) is 9.46. The van der Waals surface area contributed by atoms with Gasteiger partial charge in [0.1, 0.15) is 5.54 Å². The Labute approximate surface area is 159 Å². The van der Waals surface area contributed by atoms with Crippen molar-refractivity contribution < 1.29 is 14.4 Å². The molecule has 4 rings (SSSR count). The van der Waals surface area contributed by atoms with Gasteiger partial charge in [-0.15, -0.1) is 6.58 Å². The van der Waals surface area contributed by atoms with E-state index in [4.69, 9.17) is 0 Å². The standard InChI is InChI=1S/C21H25N3O3/c1-5-10-24-15-9-7-6-8-13(15)21(20(24)27)17-16(14(22-21)11-12(2)3)18(25)23(4)19(17)26/h5-9,12,14,16-17,22H,1,10-11H2,2-4H3/t14-,16+,17-,21-/m0/s1. The quantitative estimate of drug-likeness (QED) is 0.649. The topological polar surface area (TPSA) is 69.7 Å². The molecule has 3 heterocycles. The Hall–Kier alpha value is -2.47. The summed E-state index contributed by atoms with van der Waals surface area (Å²) in [6.07, 6.45) is 2.41. The summed E-state index contributed by atoms with van der Waals surface area (Å²) in [4.78, 5) is 42.5. The van der Waals surface area contributed by atoms with Crippen molar-refractivity contribution in [2.24, 2.45) is 17.8 Å². The lowest BCUT2D eigenvalue weighted by atomic mass is 9.76. The Morgan fingerprint density at radius 3 is 2.59 bits per heavy atom. The number of nitrogens with one attached hydrogen (secondary N) is 1. The van der Waals surface area contributed by atoms with Crippen LogP contribution in [0.25, 0.3) is 0 Å². The maximum absolute atomic E-state index is 13.6. The Morgan fingerprint density at radius 1 is 1.22 bits per heavy atom. The Morgan fingerprint density at radius 2 is 1.93 bits per heavy atom. The number of carbonyl (C=O) groups is 3. The van der Waals surface area contributed by atoms with Crippen LogP contribution in [0.4, 0.5) is 5.69 Å². The van der Waals surface area contributed by atoms with Crippen molar-refractivity contribution in [1.29, 1.82) is 0 Å². The van der Waals surface area contributed by atoms with Gasteiger partial charge < -0.3 is 4.90 Å². The summed E-state index contributed by atoms with van der Waals surface area (Å²) < 4.78 is 0. The van der Waals surface area contributed by atoms with Crippen LogP contribution in [0.5, 0.6) is 0 Å². The second kappa shape index (κ2) is 6.02. The average molecular weight is 367 g/mol. The Balaban J connectivity index is 1.91. The molecule has 1 spiro atoms. The third-order valence-electron chi connectivity index (χ3n) is 6.12. The predicted molar refractivity (Wildman–Crippen MR) is 102 cm³/mol. The van der Waals surface area contributed by atoms with Gasteiger partial charge in [-0.3, -0.25) is 24.6 Å². The van der Waals surface area contributed by atoms with E-state index in [1.165, 1.54) is 11.9 Å². The van der Waals surface area contributed by atoms with E-state index >= 15 is 0 Å². The van der Waals surface area contributed by atoms with E-state index in [0.29, 0.717) is 12.5 Å². The van der Waals surface area contributed by atoms with E-state index in [1.54, 1.807) is 11.0 Å². The highest BCUT2D eigenvalue weighted by Gasteiger charge is 2.70. The Bertz CT molecular complexity index is 849. The van der Waals surface area contributed by atoms with E-state index in [0.717, 1.165) is 17.7 Å². The van der Waals surface area contributed by atoms with Gasteiger partial charge in [-0.1, -0.05) is 38.1 Å². The monoisotopic (exact) mass is 367 g/mol. The van der Waals surface area contributed by atoms with Crippen LogP contribution in [-0.2, 0) is 19.9 Å². The van der Waals surface area contributed by atoms with E-state index in [1.807, 2.05) is 24.3 Å². The predicted octanol–water partition coefficient (Wildman–Crippen LogP) is 1.66. The number of para-hydroxylation sites is 1. The van der Waals surface area contributed by atoms with Gasteiger partial charge in [0.05, 0.1) is 11.8 Å². The molecule has 6 nitrogen and oxygen atoms in total. The van der Waals surface area contributed by atoms with E-state index in [2.05, 4.69) is 25.7 Å². The van der Waals surface area contributed by atoms with E-state index in [9.17, 15) is 14.4 Å². The largest absolute Gasteiger partial charge is 0.306 e. The number of hydrogen-bond donors (Lipinski definition) is 1. The summed E-state index contributed by atoms with van der Waals surface area (Å²) in [5, 5.41) is 3.48. The number of likely N-dealkylation sites (tertiary alicyclic amines) is 1. The van der Waals surface area contributed by atoms with Crippen molar-refractivity contribution in [2.45, 2.75) is 31.8 Å². The van der Waals surface area contributed by atoms with Crippen LogP contribution in [0, 0.1) is 17.8 Å². The molecule has 0 aromatic heterocycles. The van der Waals surface area contributed by atoms with Gasteiger partial charge in [-0.2, -0.15) is 0 Å². The lowest BCUT2D eigenvalue weighted by molar-refractivity contribution is -0.141. The smallest absolute Gasteiger partial charge is 0.253 e. The van der Waals surface area contributed by atoms with Crippen molar-refractivity contribution in [3.8, 4) is 0 Å². The normalized spacial score (nSPS) is 32.0. The zero-order valence-electron chi connectivity index (χ0n) is 15.9. The van der Waals surface area contributed by atoms with Crippen molar-refractivity contribution in [2.75, 3.05) is 18.5 Å². The molecule has 0 radical (unpaired) electrons. The molecule has 0 bridgehead atoms. The van der Waals surface area contributed by atoms with Crippen molar-refractivity contribution in [1.82, 2.24) is 10.2 Å². The molecule has 3 amide bonds. The number of benzene rings is 1. The number of fused-ring (bicyclic) bond motifs is 4. The number of carbonyl (C=O) groups excluding carboxylic acids is 3. The molecule has 3 aliphatic rings. The fourth-order valence-corrected chi connectivity index (χ4v) is 5.11. The molecule has 6 heteroatoms. The molecule has 1 aromatic carbocycles. The first-order chi connectivity index (χ1) is 12.8. The lowest BCUT2D eigenvalue weighted by Gasteiger charge is -2.30. The fourth-order valence-electron chi connectivity index (χ4n) is 5.11. The third-order valence-corrected chi connectivity index (χ3v) is 6.12. The summed E-state index contributed by atoms with van der Waals surface area (Å²) >= 11 is 0. The molecule has 0 unspecified atom stereocenters. The highest BCUT2D eigenvalue weighted by Crippen LogP contribution is 2.54. The molecule has 4 atom stereocenters. The lowest BCUT2D eigenvalue weighted by Crippen LogP contribution is -2.55. The molecule has 1 aromatic rings. The zero-order chi connectivity index (χ0) is 19.5. The second-order valence-corrected chi connectivity index (χ2v) is 8.15. The van der Waals surface area contributed by atoms with Crippen LogP contribution in [-0.4, -0.2) is 42.3 Å². The second-order valence-electron chi connectivity index (χ2n) is 8.15. The number of nitrogens with zero attached hydrogens (tertiary/aromatic N) is 2. The minimum absolute atomic E-state index is 0.165. The summed E-state index contributed by atoms with van der Waals surface area (Å²) in [6.45, 7) is 8.30. The number of hydrogen-bond acceptors (Lipinski definition) is 4. The van der Waals surface area contributed by atoms with Crippen LogP contribution in [0.1, 0.15) is 25.8 Å². The van der Waals surface area contributed by atoms with E-state index in [-0.39, 0.29) is 23.8 Å². The van der Waals surface area contributed by atoms with Crippen LogP contribution >= 0.6 is 0 Å². The van der Waals surface area contributed by atoms with Gasteiger partial charge in [-0.05, 0) is 18.4 Å². The molecule has 142 valence electrons. The number of anilines is 1. The molecule has 1 N–H and O–H groups in total. The SMILES string of the molecule is C=CCN1C(=O)[C@]2(N[C@@H](CC(C)C)[C@H]3C(=O)N(C)C(=O)[C@H]32)c2ccccc21. The van der Waals surface area contributed by atoms with Crippen LogP contribution < -0.4 is 10.2 Å². The van der Waals surface area contributed by atoms with Gasteiger partial charge in [0.2, 0.25) is 11.8 Å². The maximum atomic E-state index is 13.6. The summed E-state index contributed by atoms with van der Waals surface area (Å²) in [5.74, 6) is -1.50. The molecule has 2 fully saturated rings. The molecule has 27 heavy (non-hydrogen) atoms. The molecular formula is C21H25N3O3. The molecule has 2 saturated heterocycles. The molecule has 0 aliphatic carbocycles. The Kier molecular flexibility index (Phi) is 4.00. The van der Waals surface area contributed by atoms with E-state index < -0.39 is 17.4 Å². The summed E-state index contributed by atoms with van der Waals surface area (Å²) in [6, 6.07) is 7.34. The van der Waals surface area contributed by atoms with Gasteiger partial charge in [0.25, 0.3) is 5.91 Å². The van der Waals surface area contributed by atoms with Crippen molar-refractivity contribution >= 4 is 23.4 Å². The maximum Gasteiger partial charge on any atom is 0.253 e. The highest BCUT2D eigenvalue weighted by molar-refractivity contribution is 6.16. The average Bonchev–Trinajstić information content (AvgIpc) is 3.17. The number of imide groups is 1. The minimum Gasteiger partial charge on any atom is -0.306 e. The molecule has 0 saturated carbocycles. The highest BCUT2D eigenvalue weighted by atomic mass is 16.2. The first-order valence-electron chi connectivity index (χ1n) is 9.46. The third kappa shape index (κ3) is 2.19. The van der Waals surface area contributed by atoms with Crippen LogP contribution in [0.2, 0.25) is 0 Å². The first kappa shape index (κ1) is 17.9. The van der Waals surface area contributed by atoms with Crippen molar-refractivity contribution in [3.05, 3.63) is 42.5 Å². The fraction of sp³-hybridized carbons (Fsp3) is 0.476. The molecular weight excluding hydrogens is 342 g/mol. The van der Waals surface area contributed by atoms with Crippen LogP contribution in [0.3, 0.4) is 0 Å². The zero-order valence-corrected chi connectivity index (χ0v) is 15.9. The summed E-state index contributed by atoms with van der Waals surface area (Å²) in [7, 11) is 1.52.